The van der Waals surface area contributed by atoms with E-state index < -0.39 is 0 Å². The molecule has 0 unspecified atom stereocenters. The standard InChI is InChI=1S/C14H15N3O2/c18-11-1-2-12-5-9-17(10-6-12)16-14(19)13-3-7-15-8-4-13/h3-10,18H,1-2,11H2/p+1. The van der Waals surface area contributed by atoms with Crippen LogP contribution in [0.5, 0.6) is 0 Å². The number of amides is 1. The van der Waals surface area contributed by atoms with Crippen LogP contribution in [-0.2, 0) is 6.42 Å². The molecule has 0 aliphatic carbocycles. The molecule has 1 amide bonds. The van der Waals surface area contributed by atoms with Crippen LogP contribution in [-0.4, -0.2) is 22.6 Å². The molecule has 0 atom stereocenters. The van der Waals surface area contributed by atoms with Crippen molar-refractivity contribution in [3.05, 3.63) is 60.2 Å². The van der Waals surface area contributed by atoms with Crippen molar-refractivity contribution in [2.75, 3.05) is 12.0 Å². The van der Waals surface area contributed by atoms with Crippen molar-refractivity contribution in [3.8, 4) is 0 Å². The average molecular weight is 258 g/mol. The zero-order valence-electron chi connectivity index (χ0n) is 10.5. The van der Waals surface area contributed by atoms with Crippen molar-refractivity contribution >= 4 is 5.91 Å². The molecule has 2 rings (SSSR count). The van der Waals surface area contributed by atoms with E-state index in [9.17, 15) is 4.79 Å². The van der Waals surface area contributed by atoms with E-state index in [2.05, 4.69) is 10.4 Å². The lowest BCUT2D eigenvalue weighted by molar-refractivity contribution is -0.641. The summed E-state index contributed by atoms with van der Waals surface area (Å²) in [5, 5.41) is 8.76. The van der Waals surface area contributed by atoms with Crippen LogP contribution in [0.25, 0.3) is 0 Å². The molecular weight excluding hydrogens is 242 g/mol. The molecule has 2 aromatic heterocycles. The third kappa shape index (κ3) is 3.86. The Balaban J connectivity index is 1.98. The molecule has 98 valence electrons. The van der Waals surface area contributed by atoms with Gasteiger partial charge in [0.25, 0.3) is 0 Å². The summed E-state index contributed by atoms with van der Waals surface area (Å²) in [6.45, 7) is 0.188. The molecule has 0 fully saturated rings. The second-order valence-electron chi connectivity index (χ2n) is 4.12. The Bertz CT molecular complexity index is 526. The van der Waals surface area contributed by atoms with Gasteiger partial charge in [0.15, 0.2) is 12.4 Å². The van der Waals surface area contributed by atoms with E-state index in [1.807, 2.05) is 12.1 Å². The van der Waals surface area contributed by atoms with Crippen LogP contribution in [0.3, 0.4) is 0 Å². The van der Waals surface area contributed by atoms with E-state index >= 15 is 0 Å². The van der Waals surface area contributed by atoms with Gasteiger partial charge in [0.05, 0.1) is 0 Å². The van der Waals surface area contributed by atoms with Gasteiger partial charge in [0, 0.05) is 36.7 Å². The van der Waals surface area contributed by atoms with E-state index in [4.69, 9.17) is 5.11 Å². The topological polar surface area (TPSA) is 66.1 Å². The van der Waals surface area contributed by atoms with Crippen molar-refractivity contribution in [2.24, 2.45) is 0 Å². The number of aryl methyl sites for hydroxylation is 1. The Labute approximate surface area is 111 Å². The Hall–Kier alpha value is -2.27. The molecule has 2 N–H and O–H groups in total. The SMILES string of the molecule is O=C(N[n+]1ccc(CCCO)cc1)c1ccncc1. The summed E-state index contributed by atoms with van der Waals surface area (Å²) >= 11 is 0. The molecule has 0 spiro atoms. The summed E-state index contributed by atoms with van der Waals surface area (Å²) in [6.07, 6.45) is 8.30. The quantitative estimate of drug-likeness (QED) is 0.775. The van der Waals surface area contributed by atoms with Gasteiger partial charge in [-0.2, -0.15) is 0 Å². The Morgan fingerprint density at radius 3 is 2.53 bits per heavy atom. The van der Waals surface area contributed by atoms with Crippen LogP contribution in [0, 0.1) is 0 Å². The van der Waals surface area contributed by atoms with E-state index in [1.54, 1.807) is 41.6 Å². The second kappa shape index (κ2) is 6.61. The largest absolute Gasteiger partial charge is 0.396 e. The number of carbonyl (C=O) groups excluding carboxylic acids is 1. The van der Waals surface area contributed by atoms with Crippen molar-refractivity contribution < 1.29 is 14.6 Å². The molecule has 0 aliphatic rings. The smallest absolute Gasteiger partial charge is 0.305 e. The van der Waals surface area contributed by atoms with Crippen molar-refractivity contribution in [1.29, 1.82) is 0 Å². The predicted octanol–water partition coefficient (Wildman–Crippen LogP) is 0.678. The van der Waals surface area contributed by atoms with E-state index in [0.717, 1.165) is 18.4 Å². The molecule has 0 radical (unpaired) electrons. The molecular formula is C14H16N3O2+. The van der Waals surface area contributed by atoms with Crippen LogP contribution in [0.15, 0.2) is 49.1 Å². The normalized spacial score (nSPS) is 10.2. The van der Waals surface area contributed by atoms with Gasteiger partial charge in [0.1, 0.15) is 0 Å². The molecule has 5 nitrogen and oxygen atoms in total. The molecule has 2 aromatic rings. The van der Waals surface area contributed by atoms with Crippen LogP contribution >= 0.6 is 0 Å². The number of hydrogen-bond acceptors (Lipinski definition) is 3. The third-order valence-corrected chi connectivity index (χ3v) is 2.70. The number of nitrogens with zero attached hydrogens (tertiary/aromatic N) is 2. The maximum absolute atomic E-state index is 11.9. The summed E-state index contributed by atoms with van der Waals surface area (Å²) < 4.78 is 1.60. The summed E-state index contributed by atoms with van der Waals surface area (Å²) in [5.41, 5.74) is 4.43. The minimum absolute atomic E-state index is 0.185. The van der Waals surface area contributed by atoms with Gasteiger partial charge in [-0.1, -0.05) is 4.68 Å². The first kappa shape index (κ1) is 13.2. The lowest BCUT2D eigenvalue weighted by atomic mass is 10.1. The predicted molar refractivity (Wildman–Crippen MR) is 70.0 cm³/mol. The summed E-state index contributed by atoms with van der Waals surface area (Å²) in [6, 6.07) is 7.15. The molecule has 0 aromatic carbocycles. The number of aliphatic hydroxyl groups excluding tert-OH is 1. The summed E-state index contributed by atoms with van der Waals surface area (Å²) in [7, 11) is 0. The van der Waals surface area contributed by atoms with E-state index in [0.29, 0.717) is 5.56 Å². The molecule has 0 saturated heterocycles. The fraction of sp³-hybridized carbons (Fsp3) is 0.214. The molecule has 0 bridgehead atoms. The highest BCUT2D eigenvalue weighted by molar-refractivity contribution is 5.98. The Morgan fingerprint density at radius 1 is 1.21 bits per heavy atom. The summed E-state index contributed by atoms with van der Waals surface area (Å²) in [4.78, 5) is 15.7. The first-order valence-electron chi connectivity index (χ1n) is 6.12. The highest BCUT2D eigenvalue weighted by Crippen LogP contribution is 1.99. The first-order valence-corrected chi connectivity index (χ1v) is 6.12. The molecule has 5 heteroatoms. The number of pyridine rings is 2. The molecule has 2 heterocycles. The number of aromatic nitrogens is 2. The first-order chi connectivity index (χ1) is 9.29. The average Bonchev–Trinajstić information content (AvgIpc) is 2.47. The monoisotopic (exact) mass is 258 g/mol. The number of hydrogen-bond donors (Lipinski definition) is 2. The molecule has 0 aliphatic heterocycles. The van der Waals surface area contributed by atoms with Crippen molar-refractivity contribution in [2.45, 2.75) is 12.8 Å². The maximum atomic E-state index is 11.9. The number of carbonyl (C=O) groups is 1. The molecule has 19 heavy (non-hydrogen) atoms. The van der Waals surface area contributed by atoms with Crippen molar-refractivity contribution in [1.82, 2.24) is 4.98 Å². The van der Waals surface area contributed by atoms with Crippen LogP contribution in [0.4, 0.5) is 0 Å². The highest BCUT2D eigenvalue weighted by atomic mass is 16.2. The number of aliphatic hydroxyl groups is 1. The Morgan fingerprint density at radius 2 is 1.89 bits per heavy atom. The fourth-order valence-corrected chi connectivity index (χ4v) is 1.67. The Kier molecular flexibility index (Phi) is 4.58. The van der Waals surface area contributed by atoms with E-state index in [1.165, 1.54) is 0 Å². The fourth-order valence-electron chi connectivity index (χ4n) is 1.67. The zero-order valence-corrected chi connectivity index (χ0v) is 10.5. The lowest BCUT2D eigenvalue weighted by Crippen LogP contribution is -2.47. The third-order valence-electron chi connectivity index (χ3n) is 2.70. The summed E-state index contributed by atoms with van der Waals surface area (Å²) in [5.74, 6) is -0.185. The van der Waals surface area contributed by atoms with Gasteiger partial charge in [-0.15, -0.1) is 5.43 Å². The zero-order chi connectivity index (χ0) is 13.5. The van der Waals surface area contributed by atoms with E-state index in [-0.39, 0.29) is 12.5 Å². The van der Waals surface area contributed by atoms with Gasteiger partial charge in [0.2, 0.25) is 0 Å². The number of rotatable bonds is 5. The van der Waals surface area contributed by atoms with Gasteiger partial charge < -0.3 is 5.11 Å². The van der Waals surface area contributed by atoms with Crippen LogP contribution in [0.1, 0.15) is 22.3 Å². The minimum atomic E-state index is -0.185. The van der Waals surface area contributed by atoms with Gasteiger partial charge >= 0.3 is 5.91 Å². The lowest BCUT2D eigenvalue weighted by Gasteiger charge is -2.01. The van der Waals surface area contributed by atoms with Gasteiger partial charge in [-0.3, -0.25) is 9.78 Å². The van der Waals surface area contributed by atoms with Gasteiger partial charge in [-0.25, -0.2) is 0 Å². The maximum Gasteiger partial charge on any atom is 0.305 e. The highest BCUT2D eigenvalue weighted by Gasteiger charge is 2.09. The second-order valence-corrected chi connectivity index (χ2v) is 4.12. The van der Waals surface area contributed by atoms with Gasteiger partial charge in [-0.05, 0) is 30.5 Å². The minimum Gasteiger partial charge on any atom is -0.396 e. The number of nitrogens with one attached hydrogen (secondary N) is 1. The van der Waals surface area contributed by atoms with Crippen LogP contribution in [0.2, 0.25) is 0 Å². The molecule has 0 saturated carbocycles. The van der Waals surface area contributed by atoms with Crippen LogP contribution < -0.4 is 10.1 Å². The van der Waals surface area contributed by atoms with Crippen molar-refractivity contribution in [3.63, 3.8) is 0 Å².